The first kappa shape index (κ1) is 17.7. The van der Waals surface area contributed by atoms with Gasteiger partial charge in [0.25, 0.3) is 0 Å². The van der Waals surface area contributed by atoms with Gasteiger partial charge >= 0.3 is 0 Å². The number of likely N-dealkylation sites (N-methyl/N-ethyl adjacent to an activating group) is 1. The second-order valence-electron chi connectivity index (χ2n) is 7.47. The van der Waals surface area contributed by atoms with Gasteiger partial charge in [-0.25, -0.2) is 0 Å². The van der Waals surface area contributed by atoms with Crippen molar-refractivity contribution in [2.45, 2.75) is 44.1 Å². The maximum absolute atomic E-state index is 10.2. The standard InChI is InChI=1S/C20H32N2O2/c1-21-11-13-22(14-12-21)15-19(23)16-24-20-9-7-18(8-10-20)17-5-3-2-4-6-17/h7-10,17,19,23H,2-6,11-16H2,1H3/t19-/m1/s1. The number of β-amino-alcohol motifs (C(OH)–C–C–N with tert-alkyl or cyclic N) is 1. The summed E-state index contributed by atoms with van der Waals surface area (Å²) in [7, 11) is 2.15. The molecule has 1 aliphatic carbocycles. The Morgan fingerprint density at radius 2 is 1.71 bits per heavy atom. The molecular weight excluding hydrogens is 300 g/mol. The summed E-state index contributed by atoms with van der Waals surface area (Å²) in [5, 5.41) is 10.2. The lowest BCUT2D eigenvalue weighted by Crippen LogP contribution is -2.47. The van der Waals surface area contributed by atoms with Gasteiger partial charge in [-0.3, -0.25) is 4.90 Å². The number of nitrogens with zero attached hydrogens (tertiary/aromatic N) is 2. The van der Waals surface area contributed by atoms with E-state index in [9.17, 15) is 5.11 Å². The topological polar surface area (TPSA) is 35.9 Å². The van der Waals surface area contributed by atoms with Crippen LogP contribution < -0.4 is 4.74 Å². The largest absolute Gasteiger partial charge is 0.491 e. The van der Waals surface area contributed by atoms with E-state index in [0.29, 0.717) is 13.2 Å². The van der Waals surface area contributed by atoms with E-state index >= 15 is 0 Å². The molecule has 0 spiro atoms. The minimum absolute atomic E-state index is 0.370. The van der Waals surface area contributed by atoms with E-state index in [2.05, 4.69) is 41.1 Å². The first-order valence-electron chi connectivity index (χ1n) is 9.52. The maximum Gasteiger partial charge on any atom is 0.119 e. The Labute approximate surface area is 146 Å². The van der Waals surface area contributed by atoms with E-state index in [-0.39, 0.29) is 0 Å². The lowest BCUT2D eigenvalue weighted by Gasteiger charge is -2.33. The van der Waals surface area contributed by atoms with E-state index in [1.807, 2.05) is 0 Å². The molecular formula is C20H32N2O2. The van der Waals surface area contributed by atoms with Gasteiger partial charge < -0.3 is 14.7 Å². The molecule has 1 aliphatic heterocycles. The molecule has 24 heavy (non-hydrogen) atoms. The average Bonchev–Trinajstić information content (AvgIpc) is 2.63. The van der Waals surface area contributed by atoms with Crippen molar-refractivity contribution in [2.24, 2.45) is 0 Å². The quantitative estimate of drug-likeness (QED) is 0.869. The molecule has 1 N–H and O–H groups in total. The van der Waals surface area contributed by atoms with Gasteiger partial charge in [0.15, 0.2) is 0 Å². The van der Waals surface area contributed by atoms with Gasteiger partial charge in [0.1, 0.15) is 18.5 Å². The van der Waals surface area contributed by atoms with Crippen LogP contribution in [0.15, 0.2) is 24.3 Å². The second kappa shape index (κ2) is 8.84. The van der Waals surface area contributed by atoms with Crippen molar-refractivity contribution < 1.29 is 9.84 Å². The van der Waals surface area contributed by atoms with E-state index in [0.717, 1.165) is 37.8 Å². The van der Waals surface area contributed by atoms with Crippen LogP contribution >= 0.6 is 0 Å². The zero-order valence-corrected chi connectivity index (χ0v) is 15.0. The van der Waals surface area contributed by atoms with Crippen LogP contribution in [0, 0.1) is 0 Å². The SMILES string of the molecule is CN1CCN(C[C@@H](O)COc2ccc(C3CCCCC3)cc2)CC1. The first-order valence-corrected chi connectivity index (χ1v) is 9.52. The van der Waals surface area contributed by atoms with Crippen LogP contribution in [0.3, 0.4) is 0 Å². The fourth-order valence-electron chi connectivity index (χ4n) is 3.85. The smallest absolute Gasteiger partial charge is 0.119 e. The monoisotopic (exact) mass is 332 g/mol. The van der Waals surface area contributed by atoms with Crippen LogP contribution in [-0.2, 0) is 0 Å². The van der Waals surface area contributed by atoms with Gasteiger partial charge in [0, 0.05) is 32.7 Å². The summed E-state index contributed by atoms with van der Waals surface area (Å²) in [5.41, 5.74) is 1.44. The lowest BCUT2D eigenvalue weighted by molar-refractivity contribution is 0.0505. The molecule has 134 valence electrons. The molecule has 1 atom stereocenters. The average molecular weight is 332 g/mol. The molecule has 0 radical (unpaired) electrons. The predicted molar refractivity (Wildman–Crippen MR) is 97.7 cm³/mol. The molecule has 0 unspecified atom stereocenters. The Balaban J connectivity index is 1.41. The fraction of sp³-hybridized carbons (Fsp3) is 0.700. The summed E-state index contributed by atoms with van der Waals surface area (Å²) in [6.45, 7) is 5.29. The number of aliphatic hydroxyl groups excluding tert-OH is 1. The van der Waals surface area contributed by atoms with Gasteiger partial charge in [-0.15, -0.1) is 0 Å². The van der Waals surface area contributed by atoms with Crippen molar-refractivity contribution in [3.63, 3.8) is 0 Å². The molecule has 1 aromatic carbocycles. The van der Waals surface area contributed by atoms with E-state index in [4.69, 9.17) is 4.74 Å². The third-order valence-electron chi connectivity index (χ3n) is 5.46. The zero-order chi connectivity index (χ0) is 16.8. The predicted octanol–water partition coefficient (Wildman–Crippen LogP) is 2.72. The highest BCUT2D eigenvalue weighted by Gasteiger charge is 2.18. The molecule has 3 rings (SSSR count). The van der Waals surface area contributed by atoms with Crippen LogP contribution in [0.5, 0.6) is 5.75 Å². The van der Waals surface area contributed by atoms with Crippen molar-refractivity contribution in [2.75, 3.05) is 46.4 Å². The van der Waals surface area contributed by atoms with Crippen molar-refractivity contribution in [1.29, 1.82) is 0 Å². The van der Waals surface area contributed by atoms with Gasteiger partial charge in [0.05, 0.1) is 0 Å². The van der Waals surface area contributed by atoms with Gasteiger partial charge in [-0.2, -0.15) is 0 Å². The third kappa shape index (κ3) is 5.20. The van der Waals surface area contributed by atoms with Crippen molar-refractivity contribution >= 4 is 0 Å². The Morgan fingerprint density at radius 3 is 2.38 bits per heavy atom. The molecule has 1 saturated heterocycles. The molecule has 0 bridgehead atoms. The molecule has 0 amide bonds. The lowest BCUT2D eigenvalue weighted by atomic mass is 9.84. The third-order valence-corrected chi connectivity index (χ3v) is 5.46. The van der Waals surface area contributed by atoms with Crippen molar-refractivity contribution in [1.82, 2.24) is 9.80 Å². The molecule has 4 heteroatoms. The zero-order valence-electron chi connectivity index (χ0n) is 15.0. The highest BCUT2D eigenvalue weighted by molar-refractivity contribution is 5.29. The van der Waals surface area contributed by atoms with Gasteiger partial charge in [0.2, 0.25) is 0 Å². The Kier molecular flexibility index (Phi) is 6.52. The highest BCUT2D eigenvalue weighted by Crippen LogP contribution is 2.33. The molecule has 1 aromatic rings. The van der Waals surface area contributed by atoms with Crippen LogP contribution in [0.2, 0.25) is 0 Å². The summed E-state index contributed by atoms with van der Waals surface area (Å²) in [6, 6.07) is 8.54. The Hall–Kier alpha value is -1.10. The van der Waals surface area contributed by atoms with Crippen LogP contribution in [-0.4, -0.2) is 67.4 Å². The molecule has 4 nitrogen and oxygen atoms in total. The fourth-order valence-corrected chi connectivity index (χ4v) is 3.85. The number of hydrogen-bond donors (Lipinski definition) is 1. The number of aliphatic hydroxyl groups is 1. The molecule has 0 aromatic heterocycles. The molecule has 1 saturated carbocycles. The highest BCUT2D eigenvalue weighted by atomic mass is 16.5. The number of hydrogen-bond acceptors (Lipinski definition) is 4. The number of benzene rings is 1. The summed E-state index contributed by atoms with van der Waals surface area (Å²) in [5.74, 6) is 1.60. The van der Waals surface area contributed by atoms with Gasteiger partial charge in [-0.1, -0.05) is 31.4 Å². The molecule has 2 aliphatic rings. The van der Waals surface area contributed by atoms with E-state index in [1.54, 1.807) is 0 Å². The number of rotatable bonds is 6. The van der Waals surface area contributed by atoms with Gasteiger partial charge in [-0.05, 0) is 43.5 Å². The summed E-state index contributed by atoms with van der Waals surface area (Å²) >= 11 is 0. The first-order chi connectivity index (χ1) is 11.7. The molecule has 1 heterocycles. The normalized spacial score (nSPS) is 22.4. The Morgan fingerprint density at radius 1 is 1.04 bits per heavy atom. The van der Waals surface area contributed by atoms with Crippen LogP contribution in [0.25, 0.3) is 0 Å². The van der Waals surface area contributed by atoms with E-state index < -0.39 is 6.10 Å². The van der Waals surface area contributed by atoms with Crippen molar-refractivity contribution in [3.8, 4) is 5.75 Å². The minimum atomic E-state index is -0.425. The molecule has 2 fully saturated rings. The maximum atomic E-state index is 10.2. The second-order valence-corrected chi connectivity index (χ2v) is 7.47. The minimum Gasteiger partial charge on any atom is -0.491 e. The van der Waals surface area contributed by atoms with Crippen LogP contribution in [0.4, 0.5) is 0 Å². The Bertz CT molecular complexity index is 477. The number of ether oxygens (including phenoxy) is 1. The van der Waals surface area contributed by atoms with Crippen LogP contribution in [0.1, 0.15) is 43.6 Å². The summed E-state index contributed by atoms with van der Waals surface area (Å²) < 4.78 is 5.79. The van der Waals surface area contributed by atoms with Crippen molar-refractivity contribution in [3.05, 3.63) is 29.8 Å². The summed E-state index contributed by atoms with van der Waals surface area (Å²) in [6.07, 6.45) is 6.34. The van der Waals surface area contributed by atoms with E-state index in [1.165, 1.54) is 37.7 Å². The summed E-state index contributed by atoms with van der Waals surface area (Å²) in [4.78, 5) is 4.65. The number of piperazine rings is 1.